The molecule has 0 aromatic heterocycles. The van der Waals surface area contributed by atoms with E-state index in [2.05, 4.69) is 35.8 Å². The molecule has 0 aliphatic carbocycles. The summed E-state index contributed by atoms with van der Waals surface area (Å²) in [5.74, 6) is 0.0574. The number of nitrogens with one attached hydrogen (secondary N) is 2. The minimum Gasteiger partial charge on any atom is -0.373 e. The summed E-state index contributed by atoms with van der Waals surface area (Å²) < 4.78 is 0. The number of carbonyl (C=O) groups excluding carboxylic acids is 1. The van der Waals surface area contributed by atoms with E-state index in [9.17, 15) is 4.79 Å². The number of hydrogen-bond donors (Lipinski definition) is 2. The molecular weight excluding hydrogens is 260 g/mol. The molecule has 3 rings (SSSR count). The summed E-state index contributed by atoms with van der Waals surface area (Å²) in [5, 5.41) is 6.41. The van der Waals surface area contributed by atoms with Crippen LogP contribution in [0.4, 0.5) is 5.69 Å². The summed E-state index contributed by atoms with van der Waals surface area (Å²) in [6.45, 7) is 4.10. The molecule has 2 atom stereocenters. The van der Waals surface area contributed by atoms with Crippen LogP contribution in [0.15, 0.2) is 48.5 Å². The summed E-state index contributed by atoms with van der Waals surface area (Å²) in [6, 6.07) is 16.1. The van der Waals surface area contributed by atoms with Gasteiger partial charge in [0.05, 0.1) is 6.04 Å². The standard InChI is InChI=1S/C18H20N2O/c1-12-7-3-5-9-15(12)13(2)19-18(21)17-11-14-8-4-6-10-16(14)20-17/h3-10,13,17,20H,11H2,1-2H3,(H,19,21). The zero-order valence-electron chi connectivity index (χ0n) is 12.4. The lowest BCUT2D eigenvalue weighted by molar-refractivity contribution is -0.122. The van der Waals surface area contributed by atoms with Crippen molar-refractivity contribution in [1.29, 1.82) is 0 Å². The van der Waals surface area contributed by atoms with E-state index in [-0.39, 0.29) is 18.0 Å². The van der Waals surface area contributed by atoms with Crippen LogP contribution in [-0.2, 0) is 11.2 Å². The molecule has 0 bridgehead atoms. The molecular formula is C18H20N2O. The highest BCUT2D eigenvalue weighted by Gasteiger charge is 2.27. The predicted molar refractivity (Wildman–Crippen MR) is 85.3 cm³/mol. The predicted octanol–water partition coefficient (Wildman–Crippen LogP) is 3.21. The van der Waals surface area contributed by atoms with Gasteiger partial charge in [-0.15, -0.1) is 0 Å². The Balaban J connectivity index is 1.67. The number of benzene rings is 2. The molecule has 2 aromatic rings. The van der Waals surface area contributed by atoms with Crippen molar-refractivity contribution in [3.63, 3.8) is 0 Å². The lowest BCUT2D eigenvalue weighted by atomic mass is 10.0. The molecule has 1 aliphatic rings. The van der Waals surface area contributed by atoms with Gasteiger partial charge in [0, 0.05) is 12.1 Å². The average Bonchev–Trinajstić information content (AvgIpc) is 2.91. The van der Waals surface area contributed by atoms with E-state index in [0.717, 1.165) is 12.1 Å². The number of carbonyl (C=O) groups is 1. The summed E-state index contributed by atoms with van der Waals surface area (Å²) in [4.78, 5) is 12.4. The molecule has 3 nitrogen and oxygen atoms in total. The van der Waals surface area contributed by atoms with Crippen molar-refractivity contribution < 1.29 is 4.79 Å². The van der Waals surface area contributed by atoms with E-state index in [0.29, 0.717) is 0 Å². The van der Waals surface area contributed by atoms with Gasteiger partial charge in [-0.1, -0.05) is 42.5 Å². The van der Waals surface area contributed by atoms with Gasteiger partial charge in [0.25, 0.3) is 0 Å². The second-order valence-corrected chi connectivity index (χ2v) is 5.65. The first-order valence-corrected chi connectivity index (χ1v) is 7.35. The first-order valence-electron chi connectivity index (χ1n) is 7.35. The third kappa shape index (κ3) is 2.77. The molecule has 108 valence electrons. The van der Waals surface area contributed by atoms with Gasteiger partial charge in [0.1, 0.15) is 6.04 Å². The van der Waals surface area contributed by atoms with Gasteiger partial charge < -0.3 is 10.6 Å². The van der Waals surface area contributed by atoms with Crippen molar-refractivity contribution in [2.45, 2.75) is 32.4 Å². The van der Waals surface area contributed by atoms with Crippen LogP contribution >= 0.6 is 0 Å². The maximum atomic E-state index is 12.4. The molecule has 1 heterocycles. The van der Waals surface area contributed by atoms with E-state index in [1.807, 2.05) is 37.3 Å². The Morgan fingerprint density at radius 1 is 1.19 bits per heavy atom. The van der Waals surface area contributed by atoms with E-state index in [1.54, 1.807) is 0 Å². The topological polar surface area (TPSA) is 41.1 Å². The fraction of sp³-hybridized carbons (Fsp3) is 0.278. The Hall–Kier alpha value is -2.29. The van der Waals surface area contributed by atoms with Gasteiger partial charge in [-0.3, -0.25) is 4.79 Å². The first-order chi connectivity index (χ1) is 10.1. The molecule has 0 fully saturated rings. The van der Waals surface area contributed by atoms with E-state index < -0.39 is 0 Å². The molecule has 0 saturated heterocycles. The largest absolute Gasteiger partial charge is 0.373 e. The van der Waals surface area contributed by atoms with Crippen LogP contribution in [0.2, 0.25) is 0 Å². The number of para-hydroxylation sites is 1. The lowest BCUT2D eigenvalue weighted by Gasteiger charge is -2.19. The molecule has 3 heteroatoms. The molecule has 2 aromatic carbocycles. The van der Waals surface area contributed by atoms with Crippen molar-refractivity contribution in [3.05, 3.63) is 65.2 Å². The second-order valence-electron chi connectivity index (χ2n) is 5.65. The third-order valence-corrected chi connectivity index (χ3v) is 4.10. The van der Waals surface area contributed by atoms with Crippen molar-refractivity contribution in [2.24, 2.45) is 0 Å². The molecule has 0 radical (unpaired) electrons. The van der Waals surface area contributed by atoms with Gasteiger partial charge in [-0.25, -0.2) is 0 Å². The maximum absolute atomic E-state index is 12.4. The maximum Gasteiger partial charge on any atom is 0.243 e. The quantitative estimate of drug-likeness (QED) is 0.906. The molecule has 1 amide bonds. The van der Waals surface area contributed by atoms with Crippen LogP contribution < -0.4 is 10.6 Å². The highest BCUT2D eigenvalue weighted by molar-refractivity contribution is 5.87. The Morgan fingerprint density at radius 3 is 2.67 bits per heavy atom. The second kappa shape index (κ2) is 5.60. The highest BCUT2D eigenvalue weighted by Crippen LogP contribution is 2.26. The third-order valence-electron chi connectivity index (χ3n) is 4.10. The highest BCUT2D eigenvalue weighted by atomic mass is 16.2. The molecule has 0 spiro atoms. The van der Waals surface area contributed by atoms with Crippen LogP contribution in [0.25, 0.3) is 0 Å². The van der Waals surface area contributed by atoms with Gasteiger partial charge in [0.15, 0.2) is 0 Å². The Bertz CT molecular complexity index is 641. The van der Waals surface area contributed by atoms with Crippen molar-refractivity contribution in [3.8, 4) is 0 Å². The number of amides is 1. The van der Waals surface area contributed by atoms with Gasteiger partial charge in [-0.05, 0) is 36.6 Å². The molecule has 1 aliphatic heterocycles. The molecule has 0 saturated carbocycles. The lowest BCUT2D eigenvalue weighted by Crippen LogP contribution is -2.39. The minimum absolute atomic E-state index is 0.0178. The Kier molecular flexibility index (Phi) is 3.65. The normalized spacial score (nSPS) is 17.7. The van der Waals surface area contributed by atoms with E-state index >= 15 is 0 Å². The summed E-state index contributed by atoms with van der Waals surface area (Å²) in [5.41, 5.74) is 4.65. The van der Waals surface area contributed by atoms with Crippen LogP contribution in [0.3, 0.4) is 0 Å². The number of fused-ring (bicyclic) bond motifs is 1. The van der Waals surface area contributed by atoms with E-state index in [1.165, 1.54) is 16.7 Å². The molecule has 2 N–H and O–H groups in total. The van der Waals surface area contributed by atoms with Crippen LogP contribution in [0, 0.1) is 6.92 Å². The zero-order chi connectivity index (χ0) is 14.8. The smallest absolute Gasteiger partial charge is 0.243 e. The first kappa shape index (κ1) is 13.7. The summed E-state index contributed by atoms with van der Waals surface area (Å²) in [6.07, 6.45) is 0.752. The van der Waals surface area contributed by atoms with Crippen molar-refractivity contribution >= 4 is 11.6 Å². The average molecular weight is 280 g/mol. The van der Waals surface area contributed by atoms with Gasteiger partial charge in [-0.2, -0.15) is 0 Å². The van der Waals surface area contributed by atoms with Gasteiger partial charge >= 0.3 is 0 Å². The summed E-state index contributed by atoms with van der Waals surface area (Å²) in [7, 11) is 0. The minimum atomic E-state index is -0.172. The Morgan fingerprint density at radius 2 is 1.90 bits per heavy atom. The SMILES string of the molecule is Cc1ccccc1C(C)NC(=O)C1Cc2ccccc2N1. The molecule has 2 unspecified atom stereocenters. The number of rotatable bonds is 3. The van der Waals surface area contributed by atoms with Crippen LogP contribution in [0.1, 0.15) is 29.7 Å². The van der Waals surface area contributed by atoms with Crippen molar-refractivity contribution in [1.82, 2.24) is 5.32 Å². The zero-order valence-corrected chi connectivity index (χ0v) is 12.4. The van der Waals surface area contributed by atoms with Gasteiger partial charge in [0.2, 0.25) is 5.91 Å². The van der Waals surface area contributed by atoms with Crippen LogP contribution in [-0.4, -0.2) is 11.9 Å². The molecule has 21 heavy (non-hydrogen) atoms. The fourth-order valence-corrected chi connectivity index (χ4v) is 2.92. The van der Waals surface area contributed by atoms with E-state index in [4.69, 9.17) is 0 Å². The number of hydrogen-bond acceptors (Lipinski definition) is 2. The number of aryl methyl sites for hydroxylation is 1. The fourth-order valence-electron chi connectivity index (χ4n) is 2.92. The van der Waals surface area contributed by atoms with Crippen LogP contribution in [0.5, 0.6) is 0 Å². The monoisotopic (exact) mass is 280 g/mol. The van der Waals surface area contributed by atoms with Crippen molar-refractivity contribution in [2.75, 3.05) is 5.32 Å². The summed E-state index contributed by atoms with van der Waals surface area (Å²) >= 11 is 0. The Labute approximate surface area is 125 Å². The number of anilines is 1.